The van der Waals surface area contributed by atoms with E-state index in [2.05, 4.69) is 42.3 Å². The Morgan fingerprint density at radius 1 is 1.11 bits per heavy atom. The predicted molar refractivity (Wildman–Crippen MR) is 103 cm³/mol. The lowest BCUT2D eigenvalue weighted by Crippen LogP contribution is -2.38. The van der Waals surface area contributed by atoms with Crippen LogP contribution in [0.3, 0.4) is 0 Å². The molecule has 0 radical (unpaired) electrons. The third-order valence-electron chi connectivity index (χ3n) is 4.84. The zero-order valence-corrected chi connectivity index (χ0v) is 15.9. The van der Waals surface area contributed by atoms with Crippen molar-refractivity contribution in [3.63, 3.8) is 0 Å². The van der Waals surface area contributed by atoms with Gasteiger partial charge in [-0.05, 0) is 37.0 Å². The van der Waals surface area contributed by atoms with E-state index in [1.165, 1.54) is 33.6 Å². The van der Waals surface area contributed by atoms with Crippen LogP contribution in [0.25, 0.3) is 11.2 Å². The maximum Gasteiger partial charge on any atom is 0.332 e. The molecule has 0 aliphatic heterocycles. The van der Waals surface area contributed by atoms with Crippen LogP contribution in [-0.4, -0.2) is 31.1 Å². The monoisotopic (exact) mass is 369 g/mol. The number of carbonyl (C=O) groups excluding carboxylic acids is 1. The molecule has 0 aliphatic carbocycles. The lowest BCUT2D eigenvalue weighted by molar-refractivity contribution is -0.121. The maximum atomic E-state index is 12.4. The molecule has 1 N–H and O–H groups in total. The summed E-state index contributed by atoms with van der Waals surface area (Å²) in [5, 5.41) is 2.86. The number of rotatable bonds is 5. The van der Waals surface area contributed by atoms with Gasteiger partial charge in [-0.25, -0.2) is 9.78 Å². The van der Waals surface area contributed by atoms with Gasteiger partial charge in [0.05, 0.1) is 6.33 Å². The van der Waals surface area contributed by atoms with Crippen molar-refractivity contribution in [1.29, 1.82) is 0 Å². The molecule has 0 unspecified atom stereocenters. The van der Waals surface area contributed by atoms with Crippen molar-refractivity contribution < 1.29 is 4.79 Å². The summed E-state index contributed by atoms with van der Waals surface area (Å²) < 4.78 is 3.78. The van der Waals surface area contributed by atoms with Crippen LogP contribution in [0.5, 0.6) is 0 Å². The van der Waals surface area contributed by atoms with Gasteiger partial charge in [0.15, 0.2) is 11.2 Å². The van der Waals surface area contributed by atoms with Crippen molar-refractivity contribution in [1.82, 2.24) is 24.0 Å². The molecule has 0 bridgehead atoms. The number of carbonyl (C=O) groups is 1. The quantitative estimate of drug-likeness (QED) is 0.705. The number of imidazole rings is 1. The third-order valence-corrected chi connectivity index (χ3v) is 4.84. The molecule has 0 aliphatic rings. The molecular weight excluding hydrogens is 346 g/mol. The molecule has 0 spiro atoms. The smallest absolute Gasteiger partial charge is 0.332 e. The highest BCUT2D eigenvalue weighted by atomic mass is 16.2. The van der Waals surface area contributed by atoms with E-state index in [0.717, 1.165) is 16.6 Å². The molecule has 1 aromatic carbocycles. The maximum absolute atomic E-state index is 12.4. The topological polar surface area (TPSA) is 90.9 Å². The van der Waals surface area contributed by atoms with Gasteiger partial charge < -0.3 is 9.88 Å². The number of benzene rings is 1. The molecular formula is C19H23N5O3. The molecule has 3 rings (SSSR count). The molecule has 0 saturated carbocycles. The summed E-state index contributed by atoms with van der Waals surface area (Å²) in [6.45, 7) is 4.60. The Morgan fingerprint density at radius 3 is 2.56 bits per heavy atom. The number of fused-ring (bicyclic) bond motifs is 1. The fourth-order valence-electron chi connectivity index (χ4n) is 3.03. The number of aromatic nitrogens is 4. The van der Waals surface area contributed by atoms with Gasteiger partial charge in [-0.15, -0.1) is 0 Å². The Labute approximate surface area is 156 Å². The van der Waals surface area contributed by atoms with Crippen molar-refractivity contribution in [2.24, 2.45) is 14.1 Å². The molecule has 1 amide bonds. The first kappa shape index (κ1) is 18.6. The minimum absolute atomic E-state index is 0.0309. The van der Waals surface area contributed by atoms with Crippen molar-refractivity contribution in [3.8, 4) is 0 Å². The van der Waals surface area contributed by atoms with Gasteiger partial charge in [-0.3, -0.25) is 18.7 Å². The van der Waals surface area contributed by atoms with Gasteiger partial charge in [-0.1, -0.05) is 18.2 Å². The Kier molecular flexibility index (Phi) is 4.98. The highest BCUT2D eigenvalue weighted by Gasteiger charge is 2.15. The first-order valence-corrected chi connectivity index (χ1v) is 8.73. The number of nitrogens with zero attached hydrogens (tertiary/aromatic N) is 4. The Balaban J connectivity index is 1.70. The summed E-state index contributed by atoms with van der Waals surface area (Å²) in [5.41, 5.74) is 3.23. The van der Waals surface area contributed by atoms with Crippen LogP contribution < -0.4 is 16.6 Å². The summed E-state index contributed by atoms with van der Waals surface area (Å²) in [4.78, 5) is 40.7. The van der Waals surface area contributed by atoms with Crippen molar-refractivity contribution in [2.45, 2.75) is 26.8 Å². The molecule has 3 aromatic rings. The first-order chi connectivity index (χ1) is 12.8. The second-order valence-electron chi connectivity index (χ2n) is 6.77. The lowest BCUT2D eigenvalue weighted by Gasteiger charge is -2.09. The standard InChI is InChI=1S/C19H23N5O3/c1-12-5-6-14(9-13(12)2)7-8-20-15(25)10-24-11-21-17-16(24)18(26)23(4)19(27)22(17)3/h5-6,9,11H,7-8,10H2,1-4H3,(H,20,25). The molecule has 0 saturated heterocycles. The van der Waals surface area contributed by atoms with Crippen LogP contribution in [0.1, 0.15) is 16.7 Å². The minimum atomic E-state index is -0.464. The molecule has 142 valence electrons. The normalized spacial score (nSPS) is 11.1. The fourth-order valence-corrected chi connectivity index (χ4v) is 3.03. The van der Waals surface area contributed by atoms with E-state index < -0.39 is 11.2 Å². The summed E-state index contributed by atoms with van der Waals surface area (Å²) >= 11 is 0. The second kappa shape index (κ2) is 7.22. The average molecular weight is 369 g/mol. The summed E-state index contributed by atoms with van der Waals surface area (Å²) in [6.07, 6.45) is 2.14. The molecule has 2 heterocycles. The van der Waals surface area contributed by atoms with E-state index in [1.54, 1.807) is 7.05 Å². The van der Waals surface area contributed by atoms with Gasteiger partial charge in [0, 0.05) is 20.6 Å². The minimum Gasteiger partial charge on any atom is -0.354 e. The predicted octanol–water partition coefficient (Wildman–Crippen LogP) is 0.409. The van der Waals surface area contributed by atoms with Crippen molar-refractivity contribution >= 4 is 17.1 Å². The van der Waals surface area contributed by atoms with Gasteiger partial charge in [0.25, 0.3) is 5.56 Å². The van der Waals surface area contributed by atoms with Gasteiger partial charge in [0.2, 0.25) is 5.91 Å². The largest absolute Gasteiger partial charge is 0.354 e. The van der Waals surface area contributed by atoms with Crippen LogP contribution in [-0.2, 0) is 31.9 Å². The molecule has 27 heavy (non-hydrogen) atoms. The van der Waals surface area contributed by atoms with Crippen LogP contribution in [0.4, 0.5) is 0 Å². The first-order valence-electron chi connectivity index (χ1n) is 8.73. The summed E-state index contributed by atoms with van der Waals surface area (Å²) in [5.74, 6) is -0.214. The summed E-state index contributed by atoms with van der Waals surface area (Å²) in [7, 11) is 2.95. The van der Waals surface area contributed by atoms with Crippen LogP contribution in [0.15, 0.2) is 34.1 Å². The molecule has 8 nitrogen and oxygen atoms in total. The van der Waals surface area contributed by atoms with Gasteiger partial charge >= 0.3 is 5.69 Å². The Hall–Kier alpha value is -3.16. The van der Waals surface area contributed by atoms with E-state index in [4.69, 9.17) is 0 Å². The number of hydrogen-bond donors (Lipinski definition) is 1. The molecule has 2 aromatic heterocycles. The van der Waals surface area contributed by atoms with Gasteiger partial charge in [-0.2, -0.15) is 0 Å². The summed E-state index contributed by atoms with van der Waals surface area (Å²) in [6, 6.07) is 6.25. The van der Waals surface area contributed by atoms with Crippen molar-refractivity contribution in [3.05, 3.63) is 62.1 Å². The Morgan fingerprint density at radius 2 is 1.85 bits per heavy atom. The van der Waals surface area contributed by atoms with E-state index >= 15 is 0 Å². The highest BCUT2D eigenvalue weighted by molar-refractivity contribution is 5.78. The van der Waals surface area contributed by atoms with Crippen LogP contribution >= 0.6 is 0 Å². The number of amides is 1. The zero-order valence-electron chi connectivity index (χ0n) is 15.9. The molecule has 0 atom stereocenters. The van der Waals surface area contributed by atoms with E-state index in [-0.39, 0.29) is 23.6 Å². The number of nitrogens with one attached hydrogen (secondary N) is 1. The van der Waals surface area contributed by atoms with E-state index in [1.807, 2.05) is 0 Å². The van der Waals surface area contributed by atoms with Gasteiger partial charge in [0.1, 0.15) is 6.54 Å². The molecule has 8 heteroatoms. The number of aryl methyl sites for hydroxylation is 3. The van der Waals surface area contributed by atoms with Crippen LogP contribution in [0.2, 0.25) is 0 Å². The average Bonchev–Trinajstić information content (AvgIpc) is 3.04. The number of hydrogen-bond acceptors (Lipinski definition) is 4. The highest BCUT2D eigenvalue weighted by Crippen LogP contribution is 2.10. The second-order valence-corrected chi connectivity index (χ2v) is 6.77. The Bertz CT molecular complexity index is 1140. The molecule has 0 fully saturated rings. The SMILES string of the molecule is Cc1ccc(CCNC(=O)Cn2cnc3c2c(=O)n(C)c(=O)n3C)cc1C. The van der Waals surface area contributed by atoms with Crippen LogP contribution in [0, 0.1) is 13.8 Å². The van der Waals surface area contributed by atoms with Crippen molar-refractivity contribution in [2.75, 3.05) is 6.54 Å². The van der Waals surface area contributed by atoms with E-state index in [0.29, 0.717) is 6.54 Å². The fraction of sp³-hybridized carbons (Fsp3) is 0.368. The third kappa shape index (κ3) is 3.55. The van der Waals surface area contributed by atoms with E-state index in [9.17, 15) is 14.4 Å². The lowest BCUT2D eigenvalue weighted by atomic mass is 10.0. The zero-order chi connectivity index (χ0) is 19.7.